The predicted molar refractivity (Wildman–Crippen MR) is 119 cm³/mol. The topological polar surface area (TPSA) is 101 Å². The summed E-state index contributed by atoms with van der Waals surface area (Å²) in [7, 11) is -7.39. The molecule has 1 N–H and O–H groups in total. The van der Waals surface area contributed by atoms with E-state index in [-0.39, 0.29) is 35.3 Å². The Hall–Kier alpha value is -2.27. The first kappa shape index (κ1) is 24.4. The van der Waals surface area contributed by atoms with Crippen molar-refractivity contribution in [2.24, 2.45) is 5.92 Å². The van der Waals surface area contributed by atoms with Crippen molar-refractivity contribution >= 4 is 37.4 Å². The van der Waals surface area contributed by atoms with Gasteiger partial charge in [-0.25, -0.2) is 21.2 Å². The maximum atomic E-state index is 13.1. The summed E-state index contributed by atoms with van der Waals surface area (Å²) in [4.78, 5) is 12.5. The van der Waals surface area contributed by atoms with E-state index in [9.17, 15) is 26.0 Å². The number of nitrogens with zero attached hydrogens (tertiary/aromatic N) is 1. The maximum Gasteiger partial charge on any atom is 0.243 e. The number of rotatable bonds is 8. The van der Waals surface area contributed by atoms with Crippen LogP contribution in [0.2, 0.25) is 5.02 Å². The van der Waals surface area contributed by atoms with E-state index in [4.69, 9.17) is 11.6 Å². The second-order valence-electron chi connectivity index (χ2n) is 7.25. The molecule has 7 nitrogen and oxygen atoms in total. The Morgan fingerprint density at radius 3 is 2.34 bits per heavy atom. The third kappa shape index (κ3) is 5.94. The summed E-state index contributed by atoms with van der Waals surface area (Å²) in [6, 6.07) is 10.4. The third-order valence-electron chi connectivity index (χ3n) is 5.00. The van der Waals surface area contributed by atoms with Crippen LogP contribution in [0.3, 0.4) is 0 Å². The lowest BCUT2D eigenvalue weighted by Gasteiger charge is -2.16. The Balaban J connectivity index is 1.48. The van der Waals surface area contributed by atoms with Crippen LogP contribution in [0.4, 0.5) is 4.39 Å². The minimum absolute atomic E-state index is 0.0213. The van der Waals surface area contributed by atoms with E-state index >= 15 is 0 Å². The standard InChI is InChI=1S/C21H22ClFN2O5S2/c22-17-3-7-19(8-4-17)31(27,28)14-2-1-12-24-21(26)16-11-13-25(15-16)32(29,30)20-9-5-18(23)6-10-20/h2-10,14,16H,1,11-13,15H2,(H,24,26)/b14-2+. The Morgan fingerprint density at radius 2 is 1.69 bits per heavy atom. The Bertz CT molecular complexity index is 1200. The van der Waals surface area contributed by atoms with Gasteiger partial charge >= 0.3 is 0 Å². The predicted octanol–water partition coefficient (Wildman–Crippen LogP) is 2.98. The summed E-state index contributed by atoms with van der Waals surface area (Å²) >= 11 is 5.76. The fourth-order valence-electron chi connectivity index (χ4n) is 3.24. The normalized spacial score (nSPS) is 17.6. The van der Waals surface area contributed by atoms with Gasteiger partial charge in [-0.05, 0) is 61.4 Å². The van der Waals surface area contributed by atoms with Crippen molar-refractivity contribution in [2.75, 3.05) is 19.6 Å². The van der Waals surface area contributed by atoms with Crippen LogP contribution in [-0.2, 0) is 24.7 Å². The molecule has 1 atom stereocenters. The minimum Gasteiger partial charge on any atom is -0.356 e. The zero-order valence-electron chi connectivity index (χ0n) is 16.9. The Labute approximate surface area is 191 Å². The molecule has 0 radical (unpaired) electrons. The van der Waals surface area contributed by atoms with Crippen LogP contribution in [0.5, 0.6) is 0 Å². The number of hydrogen-bond donors (Lipinski definition) is 1. The molecule has 1 fully saturated rings. The highest BCUT2D eigenvalue weighted by Gasteiger charge is 2.35. The molecule has 0 bridgehead atoms. The fourth-order valence-corrected chi connectivity index (χ4v) is 5.92. The highest BCUT2D eigenvalue weighted by Crippen LogP contribution is 2.24. The molecule has 0 saturated carbocycles. The summed E-state index contributed by atoms with van der Waals surface area (Å²) in [5.74, 6) is -1.33. The monoisotopic (exact) mass is 500 g/mol. The van der Waals surface area contributed by atoms with Gasteiger partial charge < -0.3 is 5.32 Å². The van der Waals surface area contributed by atoms with Gasteiger partial charge in [0.05, 0.1) is 15.7 Å². The van der Waals surface area contributed by atoms with Crippen LogP contribution in [0.1, 0.15) is 12.8 Å². The van der Waals surface area contributed by atoms with E-state index in [0.717, 1.165) is 17.5 Å². The van der Waals surface area contributed by atoms with Crippen LogP contribution in [0.15, 0.2) is 69.8 Å². The van der Waals surface area contributed by atoms with Gasteiger partial charge in [-0.1, -0.05) is 17.7 Å². The molecular formula is C21H22ClFN2O5S2. The highest BCUT2D eigenvalue weighted by atomic mass is 35.5. The van der Waals surface area contributed by atoms with Crippen molar-refractivity contribution < 1.29 is 26.0 Å². The van der Waals surface area contributed by atoms with E-state index < -0.39 is 31.6 Å². The summed E-state index contributed by atoms with van der Waals surface area (Å²) in [5, 5.41) is 4.22. The van der Waals surface area contributed by atoms with Gasteiger partial charge in [-0.15, -0.1) is 0 Å². The first-order valence-corrected chi connectivity index (χ1v) is 13.2. The number of carbonyl (C=O) groups excluding carboxylic acids is 1. The number of benzene rings is 2. The Kier molecular flexibility index (Phi) is 7.71. The molecule has 0 spiro atoms. The molecule has 1 amide bonds. The smallest absolute Gasteiger partial charge is 0.243 e. The van der Waals surface area contributed by atoms with Crippen molar-refractivity contribution in [3.05, 3.63) is 70.9 Å². The molecule has 172 valence electrons. The van der Waals surface area contributed by atoms with Crippen LogP contribution in [0, 0.1) is 11.7 Å². The van der Waals surface area contributed by atoms with Gasteiger partial charge in [-0.3, -0.25) is 4.79 Å². The van der Waals surface area contributed by atoms with E-state index in [1.807, 2.05) is 0 Å². The van der Waals surface area contributed by atoms with E-state index in [1.165, 1.54) is 46.8 Å². The summed E-state index contributed by atoms with van der Waals surface area (Å²) < 4.78 is 64.0. The third-order valence-corrected chi connectivity index (χ3v) is 8.61. The summed E-state index contributed by atoms with van der Waals surface area (Å²) in [6.45, 7) is 0.441. The zero-order valence-corrected chi connectivity index (χ0v) is 19.3. The van der Waals surface area contributed by atoms with Crippen LogP contribution >= 0.6 is 11.6 Å². The second kappa shape index (κ2) is 10.1. The van der Waals surface area contributed by atoms with Gasteiger partial charge in [0.1, 0.15) is 5.82 Å². The molecular weight excluding hydrogens is 479 g/mol. The quantitative estimate of drug-likeness (QED) is 0.561. The number of carbonyl (C=O) groups is 1. The van der Waals surface area contributed by atoms with Gasteiger partial charge in [-0.2, -0.15) is 4.31 Å². The number of hydrogen-bond acceptors (Lipinski definition) is 5. The Morgan fingerprint density at radius 1 is 1.06 bits per heavy atom. The number of sulfone groups is 1. The van der Waals surface area contributed by atoms with Crippen LogP contribution < -0.4 is 5.32 Å². The number of nitrogens with one attached hydrogen (secondary N) is 1. The van der Waals surface area contributed by atoms with Crippen LogP contribution in [-0.4, -0.2) is 46.7 Å². The van der Waals surface area contributed by atoms with E-state index in [2.05, 4.69) is 5.32 Å². The highest BCUT2D eigenvalue weighted by molar-refractivity contribution is 7.94. The SMILES string of the molecule is O=C(NCC/C=C/S(=O)(=O)c1ccc(Cl)cc1)C1CCN(S(=O)(=O)c2ccc(F)cc2)C1. The van der Waals surface area contributed by atoms with E-state index in [0.29, 0.717) is 17.9 Å². The average Bonchev–Trinajstić information content (AvgIpc) is 3.25. The average molecular weight is 501 g/mol. The molecule has 2 aromatic rings. The molecule has 1 aliphatic rings. The fraction of sp³-hybridized carbons (Fsp3) is 0.286. The first-order chi connectivity index (χ1) is 15.1. The molecule has 0 aromatic heterocycles. The number of halogens is 2. The molecule has 11 heteroatoms. The van der Waals surface area contributed by atoms with E-state index in [1.54, 1.807) is 0 Å². The van der Waals surface area contributed by atoms with Crippen molar-refractivity contribution in [2.45, 2.75) is 22.6 Å². The van der Waals surface area contributed by atoms with Crippen molar-refractivity contribution in [1.29, 1.82) is 0 Å². The molecule has 1 aliphatic heterocycles. The largest absolute Gasteiger partial charge is 0.356 e. The molecule has 2 aromatic carbocycles. The second-order valence-corrected chi connectivity index (χ2v) is 11.5. The molecule has 1 unspecified atom stereocenters. The van der Waals surface area contributed by atoms with Crippen molar-refractivity contribution in [3.8, 4) is 0 Å². The molecule has 32 heavy (non-hydrogen) atoms. The maximum absolute atomic E-state index is 13.1. The summed E-state index contributed by atoms with van der Waals surface area (Å²) in [6.07, 6.45) is 2.11. The van der Waals surface area contributed by atoms with Gasteiger partial charge in [0.2, 0.25) is 15.9 Å². The number of amides is 1. The molecule has 3 rings (SSSR count). The minimum atomic E-state index is -3.80. The lowest BCUT2D eigenvalue weighted by atomic mass is 10.1. The molecule has 1 saturated heterocycles. The van der Waals surface area contributed by atoms with Gasteiger partial charge in [0.15, 0.2) is 9.84 Å². The molecule has 1 heterocycles. The molecule has 0 aliphatic carbocycles. The van der Waals surface area contributed by atoms with Crippen LogP contribution in [0.25, 0.3) is 0 Å². The van der Waals surface area contributed by atoms with Gasteiger partial charge in [0.25, 0.3) is 0 Å². The lowest BCUT2D eigenvalue weighted by Crippen LogP contribution is -2.35. The summed E-state index contributed by atoms with van der Waals surface area (Å²) in [5.41, 5.74) is 0. The van der Waals surface area contributed by atoms with Gasteiger partial charge in [0, 0.05) is 30.1 Å². The first-order valence-electron chi connectivity index (χ1n) is 9.80. The number of sulfonamides is 1. The van der Waals surface area contributed by atoms with Crippen molar-refractivity contribution in [3.63, 3.8) is 0 Å². The van der Waals surface area contributed by atoms with Crippen molar-refractivity contribution in [1.82, 2.24) is 9.62 Å². The zero-order chi connectivity index (χ0) is 23.4. The lowest BCUT2D eigenvalue weighted by molar-refractivity contribution is -0.124.